The number of ether oxygens (including phenoxy) is 1. The summed E-state index contributed by atoms with van der Waals surface area (Å²) in [5, 5.41) is 2.28. The van der Waals surface area contributed by atoms with E-state index in [1.54, 1.807) is 24.3 Å². The van der Waals surface area contributed by atoms with E-state index in [2.05, 4.69) is 5.32 Å². The summed E-state index contributed by atoms with van der Waals surface area (Å²) in [6, 6.07) is 14.9. The van der Waals surface area contributed by atoms with Crippen molar-refractivity contribution in [1.29, 1.82) is 0 Å². The Hall–Kier alpha value is -3.55. The van der Waals surface area contributed by atoms with Crippen molar-refractivity contribution in [2.75, 3.05) is 11.9 Å². The lowest BCUT2D eigenvalue weighted by Gasteiger charge is -2.11. The fraction of sp³-hybridized carbons (Fsp3) is 0.182. The van der Waals surface area contributed by atoms with Gasteiger partial charge >= 0.3 is 12.1 Å². The first-order valence-corrected chi connectivity index (χ1v) is 9.05. The molecule has 0 atom stereocenters. The molecule has 0 aliphatic heterocycles. The number of anilines is 1. The third-order valence-electron chi connectivity index (χ3n) is 4.44. The Morgan fingerprint density at radius 2 is 1.60 bits per heavy atom. The van der Waals surface area contributed by atoms with Gasteiger partial charge in [-0.1, -0.05) is 6.07 Å². The van der Waals surface area contributed by atoms with Crippen LogP contribution in [0.2, 0.25) is 0 Å². The van der Waals surface area contributed by atoms with Gasteiger partial charge in [0.25, 0.3) is 5.91 Å². The van der Waals surface area contributed by atoms with Gasteiger partial charge in [-0.3, -0.25) is 4.79 Å². The molecule has 3 aromatic rings. The van der Waals surface area contributed by atoms with Crippen LogP contribution in [0, 0.1) is 13.8 Å². The van der Waals surface area contributed by atoms with Crippen LogP contribution in [0.15, 0.2) is 60.7 Å². The predicted octanol–water partition coefficient (Wildman–Crippen LogP) is 4.91. The molecule has 1 N–H and O–H groups in total. The Morgan fingerprint density at radius 1 is 0.967 bits per heavy atom. The normalized spacial score (nSPS) is 11.2. The van der Waals surface area contributed by atoms with Crippen molar-refractivity contribution in [1.82, 2.24) is 4.57 Å². The van der Waals surface area contributed by atoms with Crippen LogP contribution in [0.4, 0.5) is 18.9 Å². The number of alkyl halides is 3. The maximum atomic E-state index is 12.7. The molecular formula is C22H19F3N2O3. The van der Waals surface area contributed by atoms with Gasteiger partial charge in [0.15, 0.2) is 6.61 Å². The molecule has 0 unspecified atom stereocenters. The van der Waals surface area contributed by atoms with Crippen LogP contribution >= 0.6 is 0 Å². The lowest BCUT2D eigenvalue weighted by atomic mass is 10.2. The first-order chi connectivity index (χ1) is 14.1. The number of benzene rings is 2. The number of esters is 1. The number of aromatic nitrogens is 1. The van der Waals surface area contributed by atoms with Gasteiger partial charge in [0.1, 0.15) is 0 Å². The summed E-state index contributed by atoms with van der Waals surface area (Å²) in [4.78, 5) is 24.1. The molecule has 0 bridgehead atoms. The maximum absolute atomic E-state index is 12.7. The van der Waals surface area contributed by atoms with Crippen LogP contribution < -0.4 is 5.32 Å². The quantitative estimate of drug-likeness (QED) is 0.602. The molecule has 1 heterocycles. The van der Waals surface area contributed by atoms with E-state index in [0.29, 0.717) is 0 Å². The van der Waals surface area contributed by atoms with Crippen molar-refractivity contribution >= 4 is 17.6 Å². The summed E-state index contributed by atoms with van der Waals surface area (Å²) in [5.74, 6) is -1.44. The van der Waals surface area contributed by atoms with E-state index in [9.17, 15) is 22.8 Å². The number of rotatable bonds is 5. The highest BCUT2D eigenvalue weighted by molar-refractivity contribution is 5.95. The van der Waals surface area contributed by atoms with E-state index < -0.39 is 30.2 Å². The Bertz CT molecular complexity index is 1050. The summed E-state index contributed by atoms with van der Waals surface area (Å²) >= 11 is 0. The second kappa shape index (κ2) is 8.44. The second-order valence-corrected chi connectivity index (χ2v) is 6.70. The van der Waals surface area contributed by atoms with Crippen molar-refractivity contribution in [3.05, 3.63) is 83.2 Å². The molecule has 0 radical (unpaired) electrons. The fourth-order valence-corrected chi connectivity index (χ4v) is 3.01. The van der Waals surface area contributed by atoms with E-state index >= 15 is 0 Å². The number of hydrogen-bond acceptors (Lipinski definition) is 3. The summed E-state index contributed by atoms with van der Waals surface area (Å²) in [6.07, 6.45) is -4.52. The molecule has 30 heavy (non-hydrogen) atoms. The van der Waals surface area contributed by atoms with Crippen molar-refractivity contribution in [3.8, 4) is 5.69 Å². The summed E-state index contributed by atoms with van der Waals surface area (Å²) in [7, 11) is 0. The first-order valence-electron chi connectivity index (χ1n) is 9.05. The van der Waals surface area contributed by atoms with Crippen molar-refractivity contribution in [2.45, 2.75) is 20.0 Å². The number of nitrogens with zero attached hydrogens (tertiary/aromatic N) is 1. The van der Waals surface area contributed by atoms with E-state index in [1.165, 1.54) is 12.1 Å². The van der Waals surface area contributed by atoms with Gasteiger partial charge in [-0.15, -0.1) is 0 Å². The van der Waals surface area contributed by atoms with E-state index in [4.69, 9.17) is 4.74 Å². The minimum Gasteiger partial charge on any atom is -0.452 e. The number of amides is 1. The third kappa shape index (κ3) is 4.89. The van der Waals surface area contributed by atoms with Gasteiger partial charge in [-0.2, -0.15) is 13.2 Å². The van der Waals surface area contributed by atoms with Crippen LogP contribution in [0.1, 0.15) is 27.3 Å². The highest BCUT2D eigenvalue weighted by atomic mass is 19.4. The Kier molecular flexibility index (Phi) is 5.96. The highest BCUT2D eigenvalue weighted by Crippen LogP contribution is 2.30. The molecule has 0 saturated heterocycles. The summed E-state index contributed by atoms with van der Waals surface area (Å²) in [5.41, 5.74) is 2.32. The Labute approximate surface area is 171 Å². The molecule has 0 aliphatic rings. The Morgan fingerprint density at radius 3 is 2.20 bits per heavy atom. The number of aryl methyl sites for hydroxylation is 2. The average Bonchev–Trinajstić information content (AvgIpc) is 3.04. The first kappa shape index (κ1) is 21.2. The average molecular weight is 416 g/mol. The molecule has 1 aromatic heterocycles. The van der Waals surface area contributed by atoms with Gasteiger partial charge in [0, 0.05) is 22.8 Å². The molecule has 5 nitrogen and oxygen atoms in total. The number of nitrogens with one attached hydrogen (secondary N) is 1. The SMILES string of the molecule is Cc1ccc(C)n1-c1ccc(C(=O)OCC(=O)Nc2cccc(C(F)(F)F)c2)cc1. The number of hydrogen-bond donors (Lipinski definition) is 1. The molecule has 0 spiro atoms. The largest absolute Gasteiger partial charge is 0.452 e. The van der Waals surface area contributed by atoms with Gasteiger partial charge in [0.05, 0.1) is 11.1 Å². The molecule has 0 saturated carbocycles. The number of halogens is 3. The Balaban J connectivity index is 1.58. The van der Waals surface area contributed by atoms with Gasteiger partial charge < -0.3 is 14.6 Å². The highest BCUT2D eigenvalue weighted by Gasteiger charge is 2.30. The molecule has 1 amide bonds. The molecule has 0 fully saturated rings. The molecule has 156 valence electrons. The minimum absolute atomic E-state index is 0.0345. The van der Waals surface area contributed by atoms with Crippen LogP contribution in [0.5, 0.6) is 0 Å². The zero-order valence-corrected chi connectivity index (χ0v) is 16.3. The van der Waals surface area contributed by atoms with Crippen LogP contribution in [0.3, 0.4) is 0 Å². The zero-order valence-electron chi connectivity index (χ0n) is 16.3. The second-order valence-electron chi connectivity index (χ2n) is 6.70. The smallest absolute Gasteiger partial charge is 0.416 e. The topological polar surface area (TPSA) is 60.3 Å². The number of carbonyl (C=O) groups is 2. The third-order valence-corrected chi connectivity index (χ3v) is 4.44. The van der Waals surface area contributed by atoms with Crippen molar-refractivity contribution in [2.24, 2.45) is 0 Å². The summed E-state index contributed by atoms with van der Waals surface area (Å²) < 4.78 is 45.2. The van der Waals surface area contributed by atoms with Crippen LogP contribution in [-0.2, 0) is 15.7 Å². The van der Waals surface area contributed by atoms with E-state index in [1.807, 2.05) is 30.5 Å². The van der Waals surface area contributed by atoms with Crippen molar-refractivity contribution in [3.63, 3.8) is 0 Å². The maximum Gasteiger partial charge on any atom is 0.416 e. The van der Waals surface area contributed by atoms with Gasteiger partial charge in [-0.05, 0) is 68.4 Å². The predicted molar refractivity (Wildman–Crippen MR) is 106 cm³/mol. The fourth-order valence-electron chi connectivity index (χ4n) is 3.01. The standard InChI is InChI=1S/C22H19F3N2O3/c1-14-6-7-15(2)27(14)19-10-8-16(9-11-19)21(29)30-13-20(28)26-18-5-3-4-17(12-18)22(23,24)25/h3-12H,13H2,1-2H3,(H,26,28). The molecule has 0 aliphatic carbocycles. The molecule has 3 rings (SSSR count). The van der Waals surface area contributed by atoms with Crippen LogP contribution in [0.25, 0.3) is 5.69 Å². The lowest BCUT2D eigenvalue weighted by molar-refractivity contribution is -0.137. The lowest BCUT2D eigenvalue weighted by Crippen LogP contribution is -2.21. The van der Waals surface area contributed by atoms with Crippen molar-refractivity contribution < 1.29 is 27.5 Å². The zero-order chi connectivity index (χ0) is 21.9. The van der Waals surface area contributed by atoms with Gasteiger partial charge in [-0.25, -0.2) is 4.79 Å². The minimum atomic E-state index is -4.52. The number of carbonyl (C=O) groups excluding carboxylic acids is 2. The van der Waals surface area contributed by atoms with E-state index in [0.717, 1.165) is 29.2 Å². The van der Waals surface area contributed by atoms with E-state index in [-0.39, 0.29) is 11.3 Å². The molecule has 2 aromatic carbocycles. The van der Waals surface area contributed by atoms with Gasteiger partial charge in [0.2, 0.25) is 0 Å². The summed E-state index contributed by atoms with van der Waals surface area (Å²) in [6.45, 7) is 3.32. The molecular weight excluding hydrogens is 397 g/mol. The molecule has 8 heteroatoms. The monoisotopic (exact) mass is 416 g/mol. The van der Waals surface area contributed by atoms with Crippen LogP contribution in [-0.4, -0.2) is 23.1 Å².